The summed E-state index contributed by atoms with van der Waals surface area (Å²) in [4.78, 5) is 2.11. The van der Waals surface area contributed by atoms with Crippen molar-refractivity contribution in [3.05, 3.63) is 35.9 Å². The maximum Gasteiger partial charge on any atom is 0.0868 e. The van der Waals surface area contributed by atoms with Gasteiger partial charge in [0.05, 0.1) is 12.6 Å². The fraction of sp³-hybridized carbons (Fsp3) is 0.417. The van der Waals surface area contributed by atoms with Gasteiger partial charge in [0.1, 0.15) is 0 Å². The average Bonchev–Trinajstić information content (AvgIpc) is 2.28. The van der Waals surface area contributed by atoms with E-state index in [4.69, 9.17) is 11.0 Å². The van der Waals surface area contributed by atoms with Gasteiger partial charge in [-0.1, -0.05) is 30.3 Å². The van der Waals surface area contributed by atoms with Gasteiger partial charge in [0.25, 0.3) is 0 Å². The Morgan fingerprint density at radius 1 is 1.27 bits per heavy atom. The van der Waals surface area contributed by atoms with Crippen molar-refractivity contribution in [2.24, 2.45) is 5.73 Å². The highest BCUT2D eigenvalue weighted by Crippen LogP contribution is 2.04. The van der Waals surface area contributed by atoms with E-state index >= 15 is 0 Å². The topological polar surface area (TPSA) is 53.0 Å². The Bertz CT molecular complexity index is 302. The van der Waals surface area contributed by atoms with Crippen LogP contribution in [0, 0.1) is 11.3 Å². The molecule has 0 spiro atoms. The van der Waals surface area contributed by atoms with Crippen molar-refractivity contribution in [1.29, 1.82) is 5.26 Å². The molecule has 80 valence electrons. The summed E-state index contributed by atoms with van der Waals surface area (Å²) >= 11 is 0. The van der Waals surface area contributed by atoms with Crippen LogP contribution < -0.4 is 5.73 Å². The number of benzene rings is 1. The summed E-state index contributed by atoms with van der Waals surface area (Å²) in [6, 6.07) is 12.4. The van der Waals surface area contributed by atoms with Crippen LogP contribution in [0.25, 0.3) is 0 Å². The van der Waals surface area contributed by atoms with Crippen LogP contribution >= 0.6 is 0 Å². The van der Waals surface area contributed by atoms with Crippen molar-refractivity contribution < 1.29 is 0 Å². The van der Waals surface area contributed by atoms with Crippen LogP contribution in [0.1, 0.15) is 12.0 Å². The van der Waals surface area contributed by atoms with E-state index in [2.05, 4.69) is 23.1 Å². The van der Waals surface area contributed by atoms with Crippen LogP contribution in [0.15, 0.2) is 30.3 Å². The first-order valence-electron chi connectivity index (χ1n) is 5.20. The average molecular weight is 203 g/mol. The van der Waals surface area contributed by atoms with Gasteiger partial charge in [0, 0.05) is 13.1 Å². The first-order valence-corrected chi connectivity index (χ1v) is 5.20. The Labute approximate surface area is 91.1 Å². The van der Waals surface area contributed by atoms with E-state index in [1.165, 1.54) is 5.56 Å². The number of nitrogens with zero attached hydrogens (tertiary/aromatic N) is 2. The van der Waals surface area contributed by atoms with Crippen molar-refractivity contribution in [2.75, 3.05) is 19.6 Å². The van der Waals surface area contributed by atoms with Gasteiger partial charge in [-0.25, -0.2) is 0 Å². The Hall–Kier alpha value is -1.37. The maximum absolute atomic E-state index is 8.69. The molecule has 0 amide bonds. The third kappa shape index (κ3) is 4.59. The number of hydrogen-bond donors (Lipinski definition) is 1. The van der Waals surface area contributed by atoms with Crippen molar-refractivity contribution in [3.8, 4) is 6.07 Å². The maximum atomic E-state index is 8.69. The van der Waals surface area contributed by atoms with Gasteiger partial charge in [-0.05, 0) is 18.5 Å². The highest BCUT2D eigenvalue weighted by molar-refractivity contribution is 5.14. The van der Waals surface area contributed by atoms with Gasteiger partial charge in [-0.3, -0.25) is 4.90 Å². The molecule has 0 atom stereocenters. The predicted molar refractivity (Wildman–Crippen MR) is 61.0 cm³/mol. The van der Waals surface area contributed by atoms with E-state index in [0.29, 0.717) is 13.1 Å². The molecule has 1 aromatic carbocycles. The molecule has 0 fully saturated rings. The smallest absolute Gasteiger partial charge is 0.0868 e. The quantitative estimate of drug-likeness (QED) is 0.710. The van der Waals surface area contributed by atoms with Gasteiger partial charge in [0.15, 0.2) is 0 Å². The van der Waals surface area contributed by atoms with Gasteiger partial charge in [-0.15, -0.1) is 0 Å². The predicted octanol–water partition coefficient (Wildman–Crippen LogP) is 1.36. The van der Waals surface area contributed by atoms with Crippen molar-refractivity contribution >= 4 is 0 Å². The molecule has 0 heterocycles. The zero-order valence-corrected chi connectivity index (χ0v) is 8.89. The van der Waals surface area contributed by atoms with Crippen molar-refractivity contribution in [2.45, 2.75) is 13.0 Å². The lowest BCUT2D eigenvalue weighted by Crippen LogP contribution is -2.26. The second-order valence-electron chi connectivity index (χ2n) is 3.50. The molecule has 1 rings (SSSR count). The van der Waals surface area contributed by atoms with Crippen LogP contribution in [-0.2, 0) is 6.54 Å². The molecule has 0 unspecified atom stereocenters. The summed E-state index contributed by atoms with van der Waals surface area (Å²) in [6.45, 7) is 2.86. The van der Waals surface area contributed by atoms with E-state index in [1.54, 1.807) is 0 Å². The highest BCUT2D eigenvalue weighted by atomic mass is 15.1. The lowest BCUT2D eigenvalue weighted by molar-refractivity contribution is 0.295. The molecule has 0 aliphatic rings. The molecule has 0 aliphatic carbocycles. The van der Waals surface area contributed by atoms with Gasteiger partial charge >= 0.3 is 0 Å². The van der Waals surface area contributed by atoms with Gasteiger partial charge in [0.2, 0.25) is 0 Å². The molecule has 0 aromatic heterocycles. The first kappa shape index (κ1) is 11.7. The summed E-state index contributed by atoms with van der Waals surface area (Å²) in [5, 5.41) is 8.69. The largest absolute Gasteiger partial charge is 0.330 e. The Balaban J connectivity index is 2.47. The van der Waals surface area contributed by atoms with Crippen LogP contribution in [-0.4, -0.2) is 24.5 Å². The fourth-order valence-corrected chi connectivity index (χ4v) is 1.47. The standard InChI is InChI=1S/C12H17N3/c13-7-4-9-15(10-8-14)11-12-5-2-1-3-6-12/h1-3,5-6H,4,7,9-11,13H2. The van der Waals surface area contributed by atoms with E-state index < -0.39 is 0 Å². The Morgan fingerprint density at radius 2 is 2.00 bits per heavy atom. The van der Waals surface area contributed by atoms with E-state index in [1.807, 2.05) is 18.2 Å². The third-order valence-corrected chi connectivity index (χ3v) is 2.22. The lowest BCUT2D eigenvalue weighted by Gasteiger charge is -2.18. The normalized spacial score (nSPS) is 10.2. The van der Waals surface area contributed by atoms with Crippen LogP contribution in [0.3, 0.4) is 0 Å². The molecule has 3 nitrogen and oxygen atoms in total. The van der Waals surface area contributed by atoms with Crippen molar-refractivity contribution in [1.82, 2.24) is 4.90 Å². The molecular weight excluding hydrogens is 186 g/mol. The zero-order valence-electron chi connectivity index (χ0n) is 8.89. The van der Waals surface area contributed by atoms with Gasteiger partial charge in [-0.2, -0.15) is 5.26 Å². The summed E-state index contributed by atoms with van der Waals surface area (Å²) < 4.78 is 0. The zero-order chi connectivity index (χ0) is 10.9. The van der Waals surface area contributed by atoms with E-state index in [0.717, 1.165) is 19.5 Å². The Morgan fingerprint density at radius 3 is 2.60 bits per heavy atom. The van der Waals surface area contributed by atoms with Crippen LogP contribution in [0.4, 0.5) is 0 Å². The van der Waals surface area contributed by atoms with Gasteiger partial charge < -0.3 is 5.73 Å². The minimum Gasteiger partial charge on any atom is -0.330 e. The SMILES string of the molecule is N#CCN(CCCN)Cc1ccccc1. The molecule has 0 radical (unpaired) electrons. The second kappa shape index (κ2) is 6.99. The third-order valence-electron chi connectivity index (χ3n) is 2.22. The summed E-state index contributed by atoms with van der Waals surface area (Å²) in [6.07, 6.45) is 0.939. The number of nitriles is 1. The number of nitrogens with two attached hydrogens (primary N) is 1. The van der Waals surface area contributed by atoms with E-state index in [-0.39, 0.29) is 0 Å². The monoisotopic (exact) mass is 203 g/mol. The minimum atomic E-state index is 0.467. The second-order valence-corrected chi connectivity index (χ2v) is 3.50. The first-order chi connectivity index (χ1) is 7.36. The summed E-state index contributed by atoms with van der Waals surface area (Å²) in [7, 11) is 0. The molecule has 0 saturated heterocycles. The molecular formula is C12H17N3. The van der Waals surface area contributed by atoms with Crippen molar-refractivity contribution in [3.63, 3.8) is 0 Å². The highest BCUT2D eigenvalue weighted by Gasteiger charge is 2.03. The number of hydrogen-bond acceptors (Lipinski definition) is 3. The summed E-state index contributed by atoms with van der Waals surface area (Å²) in [5.74, 6) is 0. The van der Waals surface area contributed by atoms with E-state index in [9.17, 15) is 0 Å². The fourth-order valence-electron chi connectivity index (χ4n) is 1.47. The van der Waals surface area contributed by atoms with Crippen LogP contribution in [0.2, 0.25) is 0 Å². The molecule has 1 aromatic rings. The lowest BCUT2D eigenvalue weighted by atomic mass is 10.2. The number of rotatable bonds is 6. The Kier molecular flexibility index (Phi) is 5.46. The van der Waals surface area contributed by atoms with Crippen LogP contribution in [0.5, 0.6) is 0 Å². The summed E-state index contributed by atoms with van der Waals surface area (Å²) in [5.41, 5.74) is 6.70. The molecule has 0 bridgehead atoms. The minimum absolute atomic E-state index is 0.467. The molecule has 0 saturated carbocycles. The molecule has 3 heteroatoms. The molecule has 0 aliphatic heterocycles. The molecule has 2 N–H and O–H groups in total. The molecule has 15 heavy (non-hydrogen) atoms.